The highest BCUT2D eigenvalue weighted by molar-refractivity contribution is 6.44. The summed E-state index contributed by atoms with van der Waals surface area (Å²) in [7, 11) is 1.47. The van der Waals surface area contributed by atoms with Gasteiger partial charge in [-0.3, -0.25) is 0 Å². The van der Waals surface area contributed by atoms with Gasteiger partial charge >= 0.3 is 0 Å². The summed E-state index contributed by atoms with van der Waals surface area (Å²) in [5, 5.41) is 10.0. The van der Waals surface area contributed by atoms with Gasteiger partial charge in [0.05, 0.1) is 12.1 Å². The Bertz CT molecular complexity index is 315. The molecule has 0 spiro atoms. The van der Waals surface area contributed by atoms with E-state index in [1.54, 1.807) is 18.2 Å². The van der Waals surface area contributed by atoms with Crippen molar-refractivity contribution in [2.75, 3.05) is 7.11 Å². The summed E-state index contributed by atoms with van der Waals surface area (Å²) in [4.78, 5) is -0.914. The molecule has 1 aromatic carbocycles. The summed E-state index contributed by atoms with van der Waals surface area (Å²) in [5.41, 5.74) is 0.481. The molecule has 0 saturated heterocycles. The lowest BCUT2D eigenvalue weighted by atomic mass is 10.1. The lowest BCUT2D eigenvalue weighted by Crippen LogP contribution is -2.07. The van der Waals surface area contributed by atoms with Crippen molar-refractivity contribution in [1.29, 1.82) is 0 Å². The molecule has 1 N–H and O–H groups in total. The van der Waals surface area contributed by atoms with Crippen LogP contribution in [0, 0.1) is 0 Å². The molecule has 2 nitrogen and oxygen atoms in total. The van der Waals surface area contributed by atoms with Crippen LogP contribution in [-0.2, 0) is 0 Å². The third-order valence-corrected chi connectivity index (χ3v) is 2.53. The Morgan fingerprint density at radius 1 is 1.36 bits per heavy atom. The minimum Gasteiger partial charge on any atom is -0.495 e. The minimum atomic E-state index is -1.01. The van der Waals surface area contributed by atoms with Crippen LogP contribution >= 0.6 is 34.8 Å². The zero-order valence-corrected chi connectivity index (χ0v) is 9.64. The van der Waals surface area contributed by atoms with E-state index in [2.05, 4.69) is 0 Å². The predicted molar refractivity (Wildman–Crippen MR) is 58.5 cm³/mol. The van der Waals surface area contributed by atoms with Crippen LogP contribution in [0.2, 0.25) is 5.02 Å². The molecule has 0 aliphatic carbocycles. The van der Waals surface area contributed by atoms with E-state index in [0.29, 0.717) is 16.3 Å². The fourth-order valence-electron chi connectivity index (χ4n) is 1.11. The maximum atomic E-state index is 9.63. The molecule has 0 bridgehead atoms. The molecule has 1 unspecified atom stereocenters. The van der Waals surface area contributed by atoms with Gasteiger partial charge in [-0.15, -0.1) is 23.2 Å². The number of methoxy groups -OCH3 is 1. The third-order valence-electron chi connectivity index (χ3n) is 1.76. The number of ether oxygens (including phenoxy) is 1. The van der Waals surface area contributed by atoms with E-state index in [-0.39, 0.29) is 0 Å². The molecule has 0 amide bonds. The Kier molecular flexibility index (Phi) is 4.32. The van der Waals surface area contributed by atoms with Crippen molar-refractivity contribution < 1.29 is 9.84 Å². The van der Waals surface area contributed by atoms with Crippen molar-refractivity contribution in [2.45, 2.75) is 10.9 Å². The summed E-state index contributed by atoms with van der Waals surface area (Å²) in [5.74, 6) is 0.396. The number of hydrogen-bond acceptors (Lipinski definition) is 2. The van der Waals surface area contributed by atoms with E-state index in [4.69, 9.17) is 39.5 Å². The topological polar surface area (TPSA) is 29.5 Å². The lowest BCUT2D eigenvalue weighted by molar-refractivity contribution is 0.188. The van der Waals surface area contributed by atoms with Crippen molar-refractivity contribution in [1.82, 2.24) is 0 Å². The summed E-state index contributed by atoms with van der Waals surface area (Å²) in [6, 6.07) is 5.01. The van der Waals surface area contributed by atoms with E-state index >= 15 is 0 Å². The Hall–Kier alpha value is -0.150. The highest BCUT2D eigenvalue weighted by Crippen LogP contribution is 2.35. The predicted octanol–water partition coefficient (Wildman–Crippen LogP) is 3.19. The van der Waals surface area contributed by atoms with Gasteiger partial charge in [-0.25, -0.2) is 0 Å². The molecule has 0 aliphatic heterocycles. The maximum absolute atomic E-state index is 9.63. The lowest BCUT2D eigenvalue weighted by Gasteiger charge is -2.16. The van der Waals surface area contributed by atoms with E-state index in [1.165, 1.54) is 7.11 Å². The van der Waals surface area contributed by atoms with E-state index in [1.807, 2.05) is 0 Å². The Labute approximate surface area is 97.3 Å². The molecule has 0 fully saturated rings. The second-order valence-corrected chi connectivity index (χ2v) is 4.21. The van der Waals surface area contributed by atoms with E-state index < -0.39 is 10.9 Å². The molecule has 78 valence electrons. The van der Waals surface area contributed by atoms with Crippen molar-refractivity contribution >= 4 is 34.8 Å². The molecular weight excluding hydrogens is 246 g/mol. The minimum absolute atomic E-state index is 0.396. The molecule has 1 aromatic rings. The first-order valence-corrected chi connectivity index (χ1v) is 5.11. The number of aliphatic hydroxyl groups is 1. The first-order valence-electron chi connectivity index (χ1n) is 3.86. The van der Waals surface area contributed by atoms with Crippen LogP contribution in [0.5, 0.6) is 5.75 Å². The number of hydrogen-bond donors (Lipinski definition) is 1. The number of benzene rings is 1. The molecular formula is C9H9Cl3O2. The largest absolute Gasteiger partial charge is 0.495 e. The molecule has 0 saturated carbocycles. The maximum Gasteiger partial charge on any atom is 0.143 e. The molecule has 0 radical (unpaired) electrons. The van der Waals surface area contributed by atoms with Crippen LogP contribution in [-0.4, -0.2) is 17.1 Å². The fraction of sp³-hybridized carbons (Fsp3) is 0.333. The molecule has 0 aromatic heterocycles. The molecule has 5 heteroatoms. The van der Waals surface area contributed by atoms with Gasteiger partial charge in [-0.2, -0.15) is 0 Å². The van der Waals surface area contributed by atoms with E-state index in [0.717, 1.165) is 0 Å². The Morgan fingerprint density at radius 2 is 2.00 bits per heavy atom. The average Bonchev–Trinajstić information content (AvgIpc) is 2.16. The standard InChI is InChI=1S/C9H9Cl3O2/c1-14-8-5(7(13)9(11)12)3-2-4-6(8)10/h2-4,7,9,13H,1H3. The summed E-state index contributed by atoms with van der Waals surface area (Å²) >= 11 is 17.0. The number of halogens is 3. The van der Waals surface area contributed by atoms with Crippen LogP contribution in [0.1, 0.15) is 11.7 Å². The number of para-hydroxylation sites is 1. The van der Waals surface area contributed by atoms with Crippen LogP contribution in [0.4, 0.5) is 0 Å². The van der Waals surface area contributed by atoms with Crippen LogP contribution < -0.4 is 4.74 Å². The molecule has 14 heavy (non-hydrogen) atoms. The van der Waals surface area contributed by atoms with Gasteiger partial charge in [0.25, 0.3) is 0 Å². The van der Waals surface area contributed by atoms with Crippen molar-refractivity contribution in [2.24, 2.45) is 0 Å². The van der Waals surface area contributed by atoms with Crippen LogP contribution in [0.15, 0.2) is 18.2 Å². The molecule has 0 heterocycles. The quantitative estimate of drug-likeness (QED) is 0.841. The van der Waals surface area contributed by atoms with Crippen molar-refractivity contribution in [3.8, 4) is 5.75 Å². The first-order chi connectivity index (χ1) is 6.57. The number of alkyl halides is 2. The van der Waals surface area contributed by atoms with Gasteiger partial charge < -0.3 is 9.84 Å². The van der Waals surface area contributed by atoms with Crippen molar-refractivity contribution in [3.05, 3.63) is 28.8 Å². The Morgan fingerprint density at radius 3 is 2.50 bits per heavy atom. The molecule has 0 aliphatic rings. The second-order valence-electron chi connectivity index (χ2n) is 2.64. The summed E-state index contributed by atoms with van der Waals surface area (Å²) in [6.45, 7) is 0. The van der Waals surface area contributed by atoms with Gasteiger partial charge in [0.2, 0.25) is 0 Å². The second kappa shape index (κ2) is 5.08. The highest BCUT2D eigenvalue weighted by Gasteiger charge is 2.21. The monoisotopic (exact) mass is 254 g/mol. The SMILES string of the molecule is COc1c(Cl)cccc1C(O)C(Cl)Cl. The average molecular weight is 256 g/mol. The summed E-state index contributed by atoms with van der Waals surface area (Å²) < 4.78 is 5.04. The zero-order valence-electron chi connectivity index (χ0n) is 7.38. The zero-order chi connectivity index (χ0) is 10.7. The molecule has 1 rings (SSSR count). The first kappa shape index (κ1) is 11.9. The highest BCUT2D eigenvalue weighted by atomic mass is 35.5. The fourth-order valence-corrected chi connectivity index (χ4v) is 1.64. The van der Waals surface area contributed by atoms with Gasteiger partial charge in [0.15, 0.2) is 0 Å². The van der Waals surface area contributed by atoms with E-state index in [9.17, 15) is 5.11 Å². The van der Waals surface area contributed by atoms with Crippen molar-refractivity contribution in [3.63, 3.8) is 0 Å². The number of rotatable bonds is 3. The number of aliphatic hydroxyl groups excluding tert-OH is 1. The van der Waals surface area contributed by atoms with Crippen LogP contribution in [0.25, 0.3) is 0 Å². The van der Waals surface area contributed by atoms with Crippen LogP contribution in [0.3, 0.4) is 0 Å². The Balaban J connectivity index is 3.13. The van der Waals surface area contributed by atoms with Gasteiger partial charge in [-0.05, 0) is 6.07 Å². The van der Waals surface area contributed by atoms with Gasteiger partial charge in [0.1, 0.15) is 16.7 Å². The van der Waals surface area contributed by atoms with Gasteiger partial charge in [-0.1, -0.05) is 23.7 Å². The normalized spacial score (nSPS) is 13.0. The summed E-state index contributed by atoms with van der Waals surface area (Å²) in [6.07, 6.45) is -1.01. The third kappa shape index (κ3) is 2.45. The van der Waals surface area contributed by atoms with Gasteiger partial charge in [0, 0.05) is 5.56 Å². The smallest absolute Gasteiger partial charge is 0.143 e. The molecule has 1 atom stereocenters.